The van der Waals surface area contributed by atoms with Crippen LogP contribution >= 0.6 is 27.5 Å². The van der Waals surface area contributed by atoms with Gasteiger partial charge in [-0.05, 0) is 31.1 Å². The topological polar surface area (TPSA) is 12.9 Å². The Hall–Kier alpha value is -0.340. The number of pyridine rings is 1. The Morgan fingerprint density at radius 3 is 3.00 bits per heavy atom. The van der Waals surface area contributed by atoms with E-state index in [1.165, 1.54) is 0 Å². The number of aromatic nitrogens is 1. The largest absolute Gasteiger partial charge is 0.255 e. The second-order valence-corrected chi connectivity index (χ2v) is 3.97. The second-order valence-electron chi connectivity index (χ2n) is 2.74. The molecule has 0 aromatic carbocycles. The molecule has 1 rings (SSSR count). The number of hydrogen-bond acceptors (Lipinski definition) is 1. The first-order chi connectivity index (χ1) is 6.24. The van der Waals surface area contributed by atoms with E-state index in [2.05, 4.69) is 27.0 Å². The summed E-state index contributed by atoms with van der Waals surface area (Å²) >= 11 is 9.14. The predicted molar refractivity (Wildman–Crippen MR) is 61.4 cm³/mol. The highest BCUT2D eigenvalue weighted by molar-refractivity contribution is 9.09. The van der Waals surface area contributed by atoms with Crippen LogP contribution in [0.25, 0.3) is 6.08 Å². The maximum atomic E-state index is 5.78. The number of hydrogen-bond donors (Lipinski definition) is 0. The highest BCUT2D eigenvalue weighted by Gasteiger charge is 1.95. The minimum atomic E-state index is 0.690. The molecule has 0 amide bonds. The van der Waals surface area contributed by atoms with Crippen molar-refractivity contribution >= 4 is 33.6 Å². The quantitative estimate of drug-likeness (QED) is 0.753. The summed E-state index contributed by atoms with van der Waals surface area (Å²) in [6.07, 6.45) is 6.80. The van der Waals surface area contributed by atoms with Crippen LogP contribution in [-0.2, 0) is 0 Å². The molecule has 0 saturated heterocycles. The molecule has 1 aromatic heterocycles. The van der Waals surface area contributed by atoms with E-state index in [0.717, 1.165) is 23.0 Å². The van der Waals surface area contributed by atoms with Gasteiger partial charge in [-0.1, -0.05) is 33.6 Å². The molecule has 0 saturated carbocycles. The number of rotatable bonds is 3. The Morgan fingerprint density at radius 2 is 2.38 bits per heavy atom. The van der Waals surface area contributed by atoms with Gasteiger partial charge in [0.15, 0.2) is 0 Å². The summed E-state index contributed by atoms with van der Waals surface area (Å²) < 4.78 is 0. The van der Waals surface area contributed by atoms with Gasteiger partial charge in [-0.3, -0.25) is 4.98 Å². The molecule has 0 radical (unpaired) electrons. The van der Waals surface area contributed by atoms with Crippen LogP contribution in [0.4, 0.5) is 0 Å². The standard InChI is InChI=1S/C10H11BrClN/c1-8-6-9(12)7-13-10(8)4-2-3-5-11/h2,4,6-7H,3,5H2,1H3. The molecular formula is C10H11BrClN. The summed E-state index contributed by atoms with van der Waals surface area (Å²) in [5.41, 5.74) is 2.10. The van der Waals surface area contributed by atoms with Crippen LogP contribution in [0.2, 0.25) is 5.02 Å². The number of allylic oxidation sites excluding steroid dienone is 1. The lowest BCUT2D eigenvalue weighted by Gasteiger charge is -1.98. The molecule has 0 fully saturated rings. The van der Waals surface area contributed by atoms with E-state index in [1.54, 1.807) is 6.20 Å². The van der Waals surface area contributed by atoms with E-state index in [1.807, 2.05) is 19.1 Å². The van der Waals surface area contributed by atoms with Crippen molar-refractivity contribution in [1.82, 2.24) is 4.98 Å². The molecule has 0 atom stereocenters. The van der Waals surface area contributed by atoms with Crippen molar-refractivity contribution < 1.29 is 0 Å². The van der Waals surface area contributed by atoms with E-state index in [9.17, 15) is 0 Å². The van der Waals surface area contributed by atoms with Crippen molar-refractivity contribution in [2.75, 3.05) is 5.33 Å². The van der Waals surface area contributed by atoms with E-state index in [0.29, 0.717) is 5.02 Å². The molecule has 1 heterocycles. The van der Waals surface area contributed by atoms with Crippen LogP contribution in [0.1, 0.15) is 17.7 Å². The van der Waals surface area contributed by atoms with Gasteiger partial charge in [0, 0.05) is 11.5 Å². The SMILES string of the molecule is Cc1cc(Cl)cnc1C=CCCBr. The minimum absolute atomic E-state index is 0.690. The molecule has 0 bridgehead atoms. The second kappa shape index (κ2) is 5.40. The first-order valence-electron chi connectivity index (χ1n) is 4.08. The summed E-state index contributed by atoms with van der Waals surface area (Å²) in [4.78, 5) is 4.22. The fourth-order valence-corrected chi connectivity index (χ4v) is 1.46. The summed E-state index contributed by atoms with van der Waals surface area (Å²) in [5, 5.41) is 1.67. The minimum Gasteiger partial charge on any atom is -0.255 e. The Balaban J connectivity index is 2.77. The lowest BCUT2D eigenvalue weighted by molar-refractivity contribution is 1.22. The molecule has 0 unspecified atom stereocenters. The van der Waals surface area contributed by atoms with Gasteiger partial charge in [-0.15, -0.1) is 0 Å². The van der Waals surface area contributed by atoms with Crippen molar-refractivity contribution in [3.05, 3.63) is 34.6 Å². The fourth-order valence-electron chi connectivity index (χ4n) is 0.984. The average Bonchev–Trinajstić information content (AvgIpc) is 2.09. The van der Waals surface area contributed by atoms with Crippen molar-refractivity contribution in [3.8, 4) is 0 Å². The smallest absolute Gasteiger partial charge is 0.0656 e. The van der Waals surface area contributed by atoms with Crippen molar-refractivity contribution in [3.63, 3.8) is 0 Å². The molecule has 3 heteroatoms. The van der Waals surface area contributed by atoms with Gasteiger partial charge in [0.2, 0.25) is 0 Å². The summed E-state index contributed by atoms with van der Waals surface area (Å²) in [6, 6.07) is 1.92. The molecule has 0 aliphatic heterocycles. The highest BCUT2D eigenvalue weighted by atomic mass is 79.9. The van der Waals surface area contributed by atoms with Gasteiger partial charge in [-0.25, -0.2) is 0 Å². The van der Waals surface area contributed by atoms with Crippen molar-refractivity contribution in [1.29, 1.82) is 0 Å². The molecule has 0 spiro atoms. The zero-order chi connectivity index (χ0) is 9.68. The van der Waals surface area contributed by atoms with Gasteiger partial charge >= 0.3 is 0 Å². The first-order valence-corrected chi connectivity index (χ1v) is 5.58. The zero-order valence-corrected chi connectivity index (χ0v) is 9.77. The van der Waals surface area contributed by atoms with E-state index < -0.39 is 0 Å². The van der Waals surface area contributed by atoms with Gasteiger partial charge < -0.3 is 0 Å². The Labute approximate surface area is 92.0 Å². The highest BCUT2D eigenvalue weighted by Crippen LogP contribution is 2.13. The average molecular weight is 261 g/mol. The number of alkyl halides is 1. The van der Waals surface area contributed by atoms with Crippen LogP contribution in [0.5, 0.6) is 0 Å². The third kappa shape index (κ3) is 3.49. The zero-order valence-electron chi connectivity index (χ0n) is 7.43. The third-order valence-corrected chi connectivity index (χ3v) is 2.30. The monoisotopic (exact) mass is 259 g/mol. The summed E-state index contributed by atoms with van der Waals surface area (Å²) in [5.74, 6) is 0. The van der Waals surface area contributed by atoms with Crippen LogP contribution in [0.15, 0.2) is 18.3 Å². The van der Waals surface area contributed by atoms with Gasteiger partial charge in [0.1, 0.15) is 0 Å². The number of halogens is 2. The van der Waals surface area contributed by atoms with Gasteiger partial charge in [-0.2, -0.15) is 0 Å². The van der Waals surface area contributed by atoms with Gasteiger partial charge in [0.25, 0.3) is 0 Å². The lowest BCUT2D eigenvalue weighted by Crippen LogP contribution is -1.85. The van der Waals surface area contributed by atoms with Crippen molar-refractivity contribution in [2.45, 2.75) is 13.3 Å². The number of aryl methyl sites for hydroxylation is 1. The molecule has 0 aliphatic rings. The molecular weight excluding hydrogens is 249 g/mol. The summed E-state index contributed by atoms with van der Waals surface area (Å²) in [6.45, 7) is 2.01. The molecule has 13 heavy (non-hydrogen) atoms. The van der Waals surface area contributed by atoms with Crippen molar-refractivity contribution in [2.24, 2.45) is 0 Å². The molecule has 0 aliphatic carbocycles. The van der Waals surface area contributed by atoms with Gasteiger partial charge in [0.05, 0.1) is 10.7 Å². The first kappa shape index (κ1) is 10.7. The molecule has 1 nitrogen and oxygen atoms in total. The summed E-state index contributed by atoms with van der Waals surface area (Å²) in [7, 11) is 0. The lowest BCUT2D eigenvalue weighted by atomic mass is 10.2. The van der Waals surface area contributed by atoms with Crippen LogP contribution in [0.3, 0.4) is 0 Å². The van der Waals surface area contributed by atoms with E-state index >= 15 is 0 Å². The third-order valence-electron chi connectivity index (χ3n) is 1.64. The maximum absolute atomic E-state index is 5.78. The molecule has 0 N–H and O–H groups in total. The normalized spacial score (nSPS) is 11.0. The van der Waals surface area contributed by atoms with Crippen LogP contribution < -0.4 is 0 Å². The van der Waals surface area contributed by atoms with E-state index in [-0.39, 0.29) is 0 Å². The van der Waals surface area contributed by atoms with Crippen LogP contribution in [0, 0.1) is 6.92 Å². The number of nitrogens with zero attached hydrogens (tertiary/aromatic N) is 1. The molecule has 70 valence electrons. The van der Waals surface area contributed by atoms with E-state index in [4.69, 9.17) is 11.6 Å². The Kier molecular flexibility index (Phi) is 4.46. The molecule has 1 aromatic rings. The predicted octanol–water partition coefficient (Wildman–Crippen LogP) is 3.84. The fraction of sp³-hybridized carbons (Fsp3) is 0.300. The Bertz CT molecular complexity index is 310. The Morgan fingerprint density at radius 1 is 1.62 bits per heavy atom. The maximum Gasteiger partial charge on any atom is 0.0656 e. The van der Waals surface area contributed by atoms with Crippen LogP contribution in [-0.4, -0.2) is 10.3 Å².